The van der Waals surface area contributed by atoms with Crippen LogP contribution in [0.4, 0.5) is 5.82 Å². The van der Waals surface area contributed by atoms with E-state index in [0.717, 1.165) is 18.2 Å². The number of aromatic nitrogens is 1. The number of carbonyl (C=O) groups is 1. The fourth-order valence-electron chi connectivity index (χ4n) is 2.29. The fourth-order valence-corrected chi connectivity index (χ4v) is 2.29. The number of fused-ring (bicyclic) bond motifs is 1. The topological polar surface area (TPSA) is 94.5 Å². The van der Waals surface area contributed by atoms with E-state index in [1.165, 1.54) is 0 Å². The largest absolute Gasteiger partial charge is 0.394 e. The Morgan fingerprint density at radius 3 is 2.68 bits per heavy atom. The molecule has 6 heteroatoms. The second-order valence-corrected chi connectivity index (χ2v) is 5.53. The number of amides is 1. The predicted molar refractivity (Wildman–Crippen MR) is 83.8 cm³/mol. The number of pyridine rings is 1. The Morgan fingerprint density at radius 1 is 1.27 bits per heavy atom. The first-order valence-corrected chi connectivity index (χ1v) is 7.40. The monoisotopic (exact) mass is 301 g/mol. The molecule has 1 aromatic carbocycles. The van der Waals surface area contributed by atoms with Gasteiger partial charge in [0.05, 0.1) is 30.3 Å². The van der Waals surface area contributed by atoms with Crippen molar-refractivity contribution in [1.82, 2.24) is 10.3 Å². The van der Waals surface area contributed by atoms with Gasteiger partial charge in [-0.1, -0.05) is 18.2 Å². The van der Waals surface area contributed by atoms with Crippen LogP contribution in [0.1, 0.15) is 23.2 Å². The highest BCUT2D eigenvalue weighted by Crippen LogP contribution is 2.24. The maximum Gasteiger partial charge on any atom is 0.252 e. The standard InChI is InChI=1S/C16H19N3O3/c20-8-11(9-21)17-15-7-13(16(22)18-10-5-6-10)12-3-1-2-4-14(12)19-15/h1-4,7,10-11,20-21H,5-6,8-9H2,(H,17,19)(H,18,22). The van der Waals surface area contributed by atoms with Crippen LogP contribution in [-0.4, -0.2) is 46.4 Å². The Balaban J connectivity index is 1.97. The van der Waals surface area contributed by atoms with Crippen LogP contribution in [0.15, 0.2) is 30.3 Å². The summed E-state index contributed by atoms with van der Waals surface area (Å²) in [5, 5.41) is 25.1. The second kappa shape index (κ2) is 6.29. The van der Waals surface area contributed by atoms with E-state index in [1.54, 1.807) is 6.07 Å². The number of nitrogens with one attached hydrogen (secondary N) is 2. The summed E-state index contributed by atoms with van der Waals surface area (Å²) < 4.78 is 0. The number of hydrogen-bond acceptors (Lipinski definition) is 5. The van der Waals surface area contributed by atoms with Gasteiger partial charge in [0.25, 0.3) is 5.91 Å². The van der Waals surface area contributed by atoms with Crippen molar-refractivity contribution in [2.24, 2.45) is 0 Å². The van der Waals surface area contributed by atoms with E-state index in [-0.39, 0.29) is 25.2 Å². The van der Waals surface area contributed by atoms with Crippen molar-refractivity contribution < 1.29 is 15.0 Å². The van der Waals surface area contributed by atoms with E-state index in [4.69, 9.17) is 0 Å². The van der Waals surface area contributed by atoms with E-state index in [2.05, 4.69) is 15.6 Å². The van der Waals surface area contributed by atoms with Crippen LogP contribution in [0.5, 0.6) is 0 Å². The van der Waals surface area contributed by atoms with E-state index >= 15 is 0 Å². The molecule has 22 heavy (non-hydrogen) atoms. The lowest BCUT2D eigenvalue weighted by Crippen LogP contribution is -2.29. The maximum atomic E-state index is 12.4. The number of nitrogens with zero attached hydrogens (tertiary/aromatic N) is 1. The van der Waals surface area contributed by atoms with Crippen molar-refractivity contribution in [3.05, 3.63) is 35.9 Å². The molecule has 0 aliphatic heterocycles. The molecule has 1 amide bonds. The summed E-state index contributed by atoms with van der Waals surface area (Å²) in [4.78, 5) is 16.9. The molecule has 6 nitrogen and oxygen atoms in total. The molecule has 1 heterocycles. The minimum atomic E-state index is -0.506. The number of benzene rings is 1. The third-order valence-corrected chi connectivity index (χ3v) is 3.67. The zero-order chi connectivity index (χ0) is 15.5. The molecule has 0 bridgehead atoms. The number of hydrogen-bond donors (Lipinski definition) is 4. The first-order chi connectivity index (χ1) is 10.7. The average Bonchev–Trinajstić information content (AvgIpc) is 3.35. The van der Waals surface area contributed by atoms with E-state index in [1.807, 2.05) is 24.3 Å². The normalized spacial score (nSPS) is 14.3. The summed E-state index contributed by atoms with van der Waals surface area (Å²) in [7, 11) is 0. The highest BCUT2D eigenvalue weighted by molar-refractivity contribution is 6.07. The summed E-state index contributed by atoms with van der Waals surface area (Å²) in [5.74, 6) is 0.349. The van der Waals surface area contributed by atoms with Gasteiger partial charge < -0.3 is 20.8 Å². The number of carbonyl (C=O) groups excluding carboxylic acids is 1. The van der Waals surface area contributed by atoms with Crippen LogP contribution < -0.4 is 10.6 Å². The summed E-state index contributed by atoms with van der Waals surface area (Å²) in [6, 6.07) is 8.86. The molecule has 0 unspecified atom stereocenters. The molecule has 0 saturated heterocycles. The van der Waals surface area contributed by atoms with Gasteiger partial charge in [-0.2, -0.15) is 0 Å². The van der Waals surface area contributed by atoms with Gasteiger partial charge >= 0.3 is 0 Å². The molecular weight excluding hydrogens is 282 g/mol. The Hall–Kier alpha value is -2.18. The summed E-state index contributed by atoms with van der Waals surface area (Å²) in [5.41, 5.74) is 1.25. The second-order valence-electron chi connectivity index (χ2n) is 5.53. The zero-order valence-corrected chi connectivity index (χ0v) is 12.1. The highest BCUT2D eigenvalue weighted by Gasteiger charge is 2.25. The first-order valence-electron chi connectivity index (χ1n) is 7.40. The van der Waals surface area contributed by atoms with Crippen LogP contribution in [0, 0.1) is 0 Å². The Labute approximate surface area is 128 Å². The molecule has 1 aliphatic rings. The Kier molecular flexibility index (Phi) is 4.22. The summed E-state index contributed by atoms with van der Waals surface area (Å²) in [6.45, 7) is -0.427. The SMILES string of the molecule is O=C(NC1CC1)c1cc(NC(CO)CO)nc2ccccc12. The van der Waals surface area contributed by atoms with Crippen molar-refractivity contribution in [2.75, 3.05) is 18.5 Å². The van der Waals surface area contributed by atoms with Crippen LogP contribution in [0.25, 0.3) is 10.9 Å². The molecular formula is C16H19N3O3. The first kappa shape index (κ1) is 14.7. The minimum Gasteiger partial charge on any atom is -0.394 e. The highest BCUT2D eigenvalue weighted by atomic mass is 16.3. The van der Waals surface area contributed by atoms with Crippen LogP contribution >= 0.6 is 0 Å². The van der Waals surface area contributed by atoms with Gasteiger partial charge in [-0.15, -0.1) is 0 Å². The fraction of sp³-hybridized carbons (Fsp3) is 0.375. The van der Waals surface area contributed by atoms with Crippen molar-refractivity contribution in [3.8, 4) is 0 Å². The number of anilines is 1. The smallest absolute Gasteiger partial charge is 0.252 e. The molecule has 1 aliphatic carbocycles. The number of aliphatic hydroxyl groups excluding tert-OH is 2. The van der Waals surface area contributed by atoms with Crippen molar-refractivity contribution in [2.45, 2.75) is 24.9 Å². The van der Waals surface area contributed by atoms with E-state index in [9.17, 15) is 15.0 Å². The van der Waals surface area contributed by atoms with Crippen molar-refractivity contribution >= 4 is 22.6 Å². The van der Waals surface area contributed by atoms with Gasteiger partial charge in [0.15, 0.2) is 0 Å². The number of aliphatic hydroxyl groups is 2. The number of para-hydroxylation sites is 1. The Morgan fingerprint density at radius 2 is 2.00 bits per heavy atom. The molecule has 0 radical (unpaired) electrons. The van der Waals surface area contributed by atoms with E-state index in [0.29, 0.717) is 16.9 Å². The third-order valence-electron chi connectivity index (χ3n) is 3.67. The number of rotatable bonds is 6. The molecule has 2 aromatic rings. The molecule has 1 aromatic heterocycles. The third kappa shape index (κ3) is 3.18. The lowest BCUT2D eigenvalue weighted by atomic mass is 10.1. The van der Waals surface area contributed by atoms with Gasteiger partial charge in [0.2, 0.25) is 0 Å². The van der Waals surface area contributed by atoms with Gasteiger partial charge in [0.1, 0.15) is 5.82 Å². The van der Waals surface area contributed by atoms with Crippen molar-refractivity contribution in [3.63, 3.8) is 0 Å². The van der Waals surface area contributed by atoms with Crippen LogP contribution in [0.3, 0.4) is 0 Å². The predicted octanol–water partition coefficient (Wildman–Crippen LogP) is 0.892. The molecule has 4 N–H and O–H groups in total. The quantitative estimate of drug-likeness (QED) is 0.636. The van der Waals surface area contributed by atoms with Crippen LogP contribution in [-0.2, 0) is 0 Å². The minimum absolute atomic E-state index is 0.117. The van der Waals surface area contributed by atoms with Crippen molar-refractivity contribution in [1.29, 1.82) is 0 Å². The van der Waals surface area contributed by atoms with E-state index < -0.39 is 6.04 Å². The Bertz CT molecular complexity index is 681. The van der Waals surface area contributed by atoms with Gasteiger partial charge in [-0.05, 0) is 25.0 Å². The molecule has 0 spiro atoms. The molecule has 3 rings (SSSR count). The molecule has 116 valence electrons. The summed E-state index contributed by atoms with van der Waals surface area (Å²) >= 11 is 0. The molecule has 1 saturated carbocycles. The van der Waals surface area contributed by atoms with Gasteiger partial charge in [0, 0.05) is 11.4 Å². The molecule has 0 atom stereocenters. The lowest BCUT2D eigenvalue weighted by Gasteiger charge is -2.16. The summed E-state index contributed by atoms with van der Waals surface area (Å²) in [6.07, 6.45) is 2.05. The average molecular weight is 301 g/mol. The lowest BCUT2D eigenvalue weighted by molar-refractivity contribution is 0.0952. The zero-order valence-electron chi connectivity index (χ0n) is 12.1. The maximum absolute atomic E-state index is 12.4. The molecule has 1 fully saturated rings. The van der Waals surface area contributed by atoms with Crippen LogP contribution in [0.2, 0.25) is 0 Å². The van der Waals surface area contributed by atoms with Gasteiger partial charge in [-0.25, -0.2) is 4.98 Å². The van der Waals surface area contributed by atoms with Gasteiger partial charge in [-0.3, -0.25) is 4.79 Å².